The monoisotopic (exact) mass is 304 g/mol. The first-order valence-electron chi connectivity index (χ1n) is 6.53. The summed E-state index contributed by atoms with van der Waals surface area (Å²) in [5, 5.41) is 11.0. The van der Waals surface area contributed by atoms with E-state index in [0.717, 1.165) is 0 Å². The Hall–Kier alpha value is -1.87. The van der Waals surface area contributed by atoms with Gasteiger partial charge in [0.2, 0.25) is 0 Å². The van der Waals surface area contributed by atoms with Gasteiger partial charge in [0.15, 0.2) is 0 Å². The van der Waals surface area contributed by atoms with Crippen LogP contribution in [0.3, 0.4) is 0 Å². The van der Waals surface area contributed by atoms with E-state index in [1.807, 2.05) is 0 Å². The average Bonchev–Trinajstić information content (AvgIpc) is 2.46. The van der Waals surface area contributed by atoms with Crippen LogP contribution >= 0.6 is 0 Å². The molecule has 1 saturated heterocycles. The molecule has 0 saturated carbocycles. The second-order valence-electron chi connectivity index (χ2n) is 4.40. The molecule has 120 valence electrons. The van der Waals surface area contributed by atoms with Crippen LogP contribution in [0.4, 0.5) is 4.79 Å². The number of nitrogens with one attached hydrogen (secondary N) is 1. The van der Waals surface area contributed by atoms with Gasteiger partial charge in [-0.2, -0.15) is 0 Å². The number of urea groups is 1. The number of carboxylic acid groups (broad SMARTS) is 1. The van der Waals surface area contributed by atoms with E-state index in [-0.39, 0.29) is 37.7 Å². The number of carbonyl (C=O) groups is 3. The molecule has 0 aromatic heterocycles. The fourth-order valence-electron chi connectivity index (χ4n) is 1.80. The van der Waals surface area contributed by atoms with Gasteiger partial charge in [0.25, 0.3) is 0 Å². The molecule has 1 atom stereocenters. The first-order valence-corrected chi connectivity index (χ1v) is 6.53. The molecule has 2 N–H and O–H groups in total. The molecule has 1 aliphatic heterocycles. The molecule has 21 heavy (non-hydrogen) atoms. The Morgan fingerprint density at radius 3 is 2.86 bits per heavy atom. The Morgan fingerprint density at radius 1 is 1.43 bits per heavy atom. The van der Waals surface area contributed by atoms with Crippen LogP contribution in [0.5, 0.6) is 0 Å². The predicted molar refractivity (Wildman–Crippen MR) is 69.8 cm³/mol. The third-order valence-corrected chi connectivity index (χ3v) is 2.80. The minimum absolute atomic E-state index is 0.0992. The molecule has 1 heterocycles. The highest BCUT2D eigenvalue weighted by Gasteiger charge is 2.26. The fraction of sp³-hybridized carbons (Fsp3) is 0.750. The van der Waals surface area contributed by atoms with Crippen LogP contribution in [0.25, 0.3) is 0 Å². The maximum Gasteiger partial charge on any atom is 0.329 e. The zero-order valence-corrected chi connectivity index (χ0v) is 11.9. The van der Waals surface area contributed by atoms with Crippen LogP contribution in [0.2, 0.25) is 0 Å². The molecule has 0 aromatic rings. The van der Waals surface area contributed by atoms with Crippen molar-refractivity contribution in [1.29, 1.82) is 0 Å². The number of ether oxygens (including phenoxy) is 3. The highest BCUT2D eigenvalue weighted by molar-refractivity contribution is 5.74. The summed E-state index contributed by atoms with van der Waals surface area (Å²) in [6.45, 7) is 1.02. The summed E-state index contributed by atoms with van der Waals surface area (Å²) in [6, 6.07) is -0.299. The molecule has 1 rings (SSSR count). The van der Waals surface area contributed by atoms with Crippen molar-refractivity contribution in [2.24, 2.45) is 0 Å². The van der Waals surface area contributed by atoms with Gasteiger partial charge in [0.1, 0.15) is 6.61 Å². The summed E-state index contributed by atoms with van der Waals surface area (Å²) >= 11 is 0. The number of aliphatic carboxylic acids is 1. The Labute approximate surface area is 122 Å². The molecule has 0 radical (unpaired) electrons. The number of carboxylic acids is 1. The van der Waals surface area contributed by atoms with E-state index in [1.54, 1.807) is 0 Å². The summed E-state index contributed by atoms with van der Waals surface area (Å²) in [5.41, 5.74) is 0. The minimum atomic E-state index is -1.06. The van der Waals surface area contributed by atoms with Crippen molar-refractivity contribution in [1.82, 2.24) is 10.2 Å². The van der Waals surface area contributed by atoms with Gasteiger partial charge in [-0.05, 0) is 0 Å². The Kier molecular flexibility index (Phi) is 7.48. The number of esters is 1. The third-order valence-electron chi connectivity index (χ3n) is 2.80. The average molecular weight is 304 g/mol. The van der Waals surface area contributed by atoms with Crippen LogP contribution in [0, 0.1) is 0 Å². The molecule has 2 amide bonds. The molecular formula is C12H20N2O7. The van der Waals surface area contributed by atoms with Crippen molar-refractivity contribution < 1.29 is 33.7 Å². The summed E-state index contributed by atoms with van der Waals surface area (Å²) in [4.78, 5) is 34.8. The number of amides is 2. The van der Waals surface area contributed by atoms with Crippen molar-refractivity contribution in [3.63, 3.8) is 0 Å². The first kappa shape index (κ1) is 17.2. The number of nitrogens with zero attached hydrogens (tertiary/aromatic N) is 1. The van der Waals surface area contributed by atoms with Gasteiger partial charge in [-0.1, -0.05) is 0 Å². The lowest BCUT2D eigenvalue weighted by atomic mass is 10.2. The van der Waals surface area contributed by atoms with Crippen molar-refractivity contribution in [2.45, 2.75) is 12.5 Å². The van der Waals surface area contributed by atoms with Crippen LogP contribution < -0.4 is 5.32 Å². The minimum Gasteiger partial charge on any atom is -0.480 e. The number of hydrogen-bond acceptors (Lipinski definition) is 6. The second kappa shape index (κ2) is 9.14. The maximum atomic E-state index is 11.9. The summed E-state index contributed by atoms with van der Waals surface area (Å²) in [6.07, 6.45) is -0.276. The van der Waals surface area contributed by atoms with E-state index < -0.39 is 12.6 Å². The zero-order valence-electron chi connectivity index (χ0n) is 11.9. The highest BCUT2D eigenvalue weighted by atomic mass is 16.5. The SMILES string of the molecule is COC(=O)CC1CN(C(=O)NCCOCC(=O)O)CCO1. The van der Waals surface area contributed by atoms with Gasteiger partial charge in [0.05, 0.1) is 32.8 Å². The zero-order chi connectivity index (χ0) is 15.7. The number of rotatable bonds is 7. The number of hydrogen-bond donors (Lipinski definition) is 2. The lowest BCUT2D eigenvalue weighted by Crippen LogP contribution is -2.50. The van der Waals surface area contributed by atoms with Gasteiger partial charge >= 0.3 is 18.0 Å². The highest BCUT2D eigenvalue weighted by Crippen LogP contribution is 2.09. The summed E-state index contributed by atoms with van der Waals surface area (Å²) < 4.78 is 14.7. The smallest absolute Gasteiger partial charge is 0.329 e. The van der Waals surface area contributed by atoms with Crippen molar-refractivity contribution in [3.8, 4) is 0 Å². The standard InChI is InChI=1S/C12H20N2O7/c1-19-11(17)6-9-7-14(3-5-21-9)12(18)13-2-4-20-8-10(15)16/h9H,2-8H2,1H3,(H,13,18)(H,15,16). The van der Waals surface area contributed by atoms with E-state index in [0.29, 0.717) is 19.7 Å². The van der Waals surface area contributed by atoms with Crippen LogP contribution in [-0.2, 0) is 23.8 Å². The fourth-order valence-corrected chi connectivity index (χ4v) is 1.80. The largest absolute Gasteiger partial charge is 0.480 e. The number of carbonyl (C=O) groups excluding carboxylic acids is 2. The Morgan fingerprint density at radius 2 is 2.19 bits per heavy atom. The topological polar surface area (TPSA) is 114 Å². The molecule has 0 spiro atoms. The van der Waals surface area contributed by atoms with Gasteiger partial charge in [0, 0.05) is 19.6 Å². The molecule has 0 bridgehead atoms. The van der Waals surface area contributed by atoms with Crippen molar-refractivity contribution >= 4 is 18.0 Å². The molecule has 9 nitrogen and oxygen atoms in total. The lowest BCUT2D eigenvalue weighted by Gasteiger charge is -2.32. The molecule has 1 fully saturated rings. The van der Waals surface area contributed by atoms with E-state index in [2.05, 4.69) is 10.1 Å². The number of morpholine rings is 1. The normalized spacial score (nSPS) is 18.1. The van der Waals surface area contributed by atoms with Crippen molar-refractivity contribution in [3.05, 3.63) is 0 Å². The molecule has 0 aliphatic carbocycles. The van der Waals surface area contributed by atoms with E-state index >= 15 is 0 Å². The molecular weight excluding hydrogens is 284 g/mol. The van der Waals surface area contributed by atoms with Gasteiger partial charge in [-0.25, -0.2) is 9.59 Å². The van der Waals surface area contributed by atoms with Crippen LogP contribution in [-0.4, -0.2) is 80.6 Å². The van der Waals surface area contributed by atoms with Gasteiger partial charge in [-0.3, -0.25) is 4.79 Å². The molecule has 1 unspecified atom stereocenters. The van der Waals surface area contributed by atoms with Crippen LogP contribution in [0.1, 0.15) is 6.42 Å². The van der Waals surface area contributed by atoms with Gasteiger partial charge in [-0.15, -0.1) is 0 Å². The Bertz CT molecular complexity index is 375. The molecule has 0 aromatic carbocycles. The third kappa shape index (κ3) is 6.91. The van der Waals surface area contributed by atoms with Crippen LogP contribution in [0.15, 0.2) is 0 Å². The maximum absolute atomic E-state index is 11.9. The second-order valence-corrected chi connectivity index (χ2v) is 4.40. The Balaban J connectivity index is 2.23. The van der Waals surface area contributed by atoms with E-state index in [4.69, 9.17) is 14.6 Å². The molecule has 9 heteroatoms. The van der Waals surface area contributed by atoms with Gasteiger partial charge < -0.3 is 29.5 Å². The number of methoxy groups -OCH3 is 1. The first-order chi connectivity index (χ1) is 10.0. The lowest BCUT2D eigenvalue weighted by molar-refractivity contribution is -0.145. The van der Waals surface area contributed by atoms with E-state index in [9.17, 15) is 14.4 Å². The van der Waals surface area contributed by atoms with E-state index in [1.165, 1.54) is 12.0 Å². The quantitative estimate of drug-likeness (QED) is 0.461. The predicted octanol–water partition coefficient (Wildman–Crippen LogP) is -0.939. The summed E-state index contributed by atoms with van der Waals surface area (Å²) in [7, 11) is 1.30. The van der Waals surface area contributed by atoms with Crippen molar-refractivity contribution in [2.75, 3.05) is 46.6 Å². The summed E-state index contributed by atoms with van der Waals surface area (Å²) in [5.74, 6) is -1.44. The molecule has 1 aliphatic rings.